The molecule has 0 fully saturated rings. The molecule has 1 aliphatic heterocycles. The van der Waals surface area contributed by atoms with E-state index in [-0.39, 0.29) is 36.0 Å². The van der Waals surface area contributed by atoms with Gasteiger partial charge in [-0.3, -0.25) is 0 Å². The summed E-state index contributed by atoms with van der Waals surface area (Å²) in [6, 6.07) is 19.6. The Balaban J connectivity index is 1.83. The Morgan fingerprint density at radius 3 is 2.26 bits per heavy atom. The van der Waals surface area contributed by atoms with E-state index in [0.29, 0.717) is 12.2 Å². The molecule has 10 heteroatoms. The van der Waals surface area contributed by atoms with Gasteiger partial charge in [-0.25, -0.2) is 9.59 Å². The van der Waals surface area contributed by atoms with Gasteiger partial charge in [0.1, 0.15) is 18.2 Å². The molecule has 0 bridgehead atoms. The van der Waals surface area contributed by atoms with Crippen molar-refractivity contribution in [3.63, 3.8) is 0 Å². The Morgan fingerprint density at radius 2 is 1.58 bits per heavy atom. The predicted molar refractivity (Wildman–Crippen MR) is 132 cm³/mol. The van der Waals surface area contributed by atoms with Crippen LogP contribution in [0, 0.1) is 0 Å². The maximum absolute atomic E-state index is 13.7. The lowest BCUT2D eigenvalue weighted by Gasteiger charge is -2.32. The number of hydrogen-bond donors (Lipinski definition) is 0. The second-order valence-corrected chi connectivity index (χ2v) is 8.27. The van der Waals surface area contributed by atoms with Crippen molar-refractivity contribution in [3.05, 3.63) is 101 Å². The number of alkyl halides is 3. The van der Waals surface area contributed by atoms with Crippen LogP contribution in [0.4, 0.5) is 18.9 Å². The van der Waals surface area contributed by atoms with Crippen molar-refractivity contribution in [1.29, 1.82) is 0 Å². The number of ether oxygens (including phenoxy) is 4. The highest BCUT2D eigenvalue weighted by molar-refractivity contribution is 6.03. The van der Waals surface area contributed by atoms with Crippen LogP contribution < -0.4 is 9.64 Å². The summed E-state index contributed by atoms with van der Waals surface area (Å²) in [7, 11) is 2.22. The fourth-order valence-electron chi connectivity index (χ4n) is 4.01. The first-order valence-corrected chi connectivity index (χ1v) is 11.5. The smallest absolute Gasteiger partial charge is 0.416 e. The second-order valence-electron chi connectivity index (χ2n) is 8.27. The molecule has 38 heavy (non-hydrogen) atoms. The van der Waals surface area contributed by atoms with Gasteiger partial charge in [-0.1, -0.05) is 48.5 Å². The van der Waals surface area contributed by atoms with E-state index in [2.05, 4.69) is 0 Å². The number of para-hydroxylation sites is 1. The maximum Gasteiger partial charge on any atom is 0.416 e. The van der Waals surface area contributed by atoms with Crippen LogP contribution in [-0.2, 0) is 36.4 Å². The third kappa shape index (κ3) is 5.81. The summed E-state index contributed by atoms with van der Waals surface area (Å²) >= 11 is 0. The summed E-state index contributed by atoms with van der Waals surface area (Å²) < 4.78 is 62.3. The van der Waals surface area contributed by atoms with E-state index < -0.39 is 23.7 Å². The van der Waals surface area contributed by atoms with Crippen LogP contribution in [0.25, 0.3) is 0 Å². The first kappa shape index (κ1) is 26.7. The van der Waals surface area contributed by atoms with Crippen molar-refractivity contribution in [3.8, 4) is 11.5 Å². The fraction of sp³-hybridized carbons (Fsp3) is 0.214. The standard InChI is InChI=1S/C28H24F3NO6/c1-35-26(33)21-16-37-17-32(25(21)27(34)36-2)22-15-20(28(29,30)31)12-13-24(22)38-23-11-7-6-10-19(23)14-18-8-4-3-5-9-18/h3-13,15H,14,16-17H2,1-2H3. The summed E-state index contributed by atoms with van der Waals surface area (Å²) in [5.74, 6) is -1.40. The third-order valence-corrected chi connectivity index (χ3v) is 5.84. The topological polar surface area (TPSA) is 74.3 Å². The van der Waals surface area contributed by atoms with E-state index in [1.165, 1.54) is 6.07 Å². The highest BCUT2D eigenvalue weighted by atomic mass is 19.4. The van der Waals surface area contributed by atoms with E-state index >= 15 is 0 Å². The Labute approximate surface area is 217 Å². The molecule has 0 aliphatic carbocycles. The summed E-state index contributed by atoms with van der Waals surface area (Å²) in [6.07, 6.45) is -4.17. The molecule has 0 saturated heterocycles. The molecule has 0 radical (unpaired) electrons. The van der Waals surface area contributed by atoms with Gasteiger partial charge in [0.05, 0.1) is 37.7 Å². The number of anilines is 1. The molecule has 0 saturated carbocycles. The van der Waals surface area contributed by atoms with E-state index in [1.54, 1.807) is 12.1 Å². The molecule has 1 aliphatic rings. The lowest BCUT2D eigenvalue weighted by Crippen LogP contribution is -2.39. The minimum absolute atomic E-state index is 0.00892. The van der Waals surface area contributed by atoms with Crippen molar-refractivity contribution in [2.24, 2.45) is 0 Å². The maximum atomic E-state index is 13.7. The minimum atomic E-state index is -4.69. The zero-order chi connectivity index (χ0) is 27.3. The van der Waals surface area contributed by atoms with Gasteiger partial charge in [0.15, 0.2) is 5.75 Å². The van der Waals surface area contributed by atoms with Gasteiger partial charge in [-0.15, -0.1) is 0 Å². The first-order valence-electron chi connectivity index (χ1n) is 11.5. The Morgan fingerprint density at radius 1 is 0.895 bits per heavy atom. The molecule has 1 heterocycles. The molecule has 0 spiro atoms. The number of nitrogens with zero attached hydrogens (tertiary/aromatic N) is 1. The lowest BCUT2D eigenvalue weighted by molar-refractivity contribution is -0.140. The number of carbonyl (C=O) groups is 2. The average Bonchev–Trinajstić information content (AvgIpc) is 2.93. The molecule has 0 unspecified atom stereocenters. The van der Waals surface area contributed by atoms with E-state index in [1.807, 2.05) is 42.5 Å². The second kappa shape index (κ2) is 11.4. The molecule has 7 nitrogen and oxygen atoms in total. The predicted octanol–water partition coefficient (Wildman–Crippen LogP) is 5.48. The highest BCUT2D eigenvalue weighted by Gasteiger charge is 2.36. The number of hydrogen-bond acceptors (Lipinski definition) is 7. The van der Waals surface area contributed by atoms with Gasteiger partial charge >= 0.3 is 18.1 Å². The molecule has 3 aromatic carbocycles. The molecule has 0 aromatic heterocycles. The summed E-state index contributed by atoms with van der Waals surface area (Å²) in [5, 5.41) is 0. The minimum Gasteiger partial charge on any atom is -0.466 e. The van der Waals surface area contributed by atoms with Crippen molar-refractivity contribution in [2.75, 3.05) is 32.5 Å². The molecule has 0 atom stereocenters. The molecule has 198 valence electrons. The lowest BCUT2D eigenvalue weighted by atomic mass is 10.0. The van der Waals surface area contributed by atoms with Crippen LogP contribution in [0.3, 0.4) is 0 Å². The van der Waals surface area contributed by atoms with Crippen LogP contribution in [0.5, 0.6) is 11.5 Å². The van der Waals surface area contributed by atoms with Gasteiger partial charge in [0, 0.05) is 6.42 Å². The van der Waals surface area contributed by atoms with Gasteiger partial charge in [-0.05, 0) is 35.4 Å². The molecular formula is C28H24F3NO6. The van der Waals surface area contributed by atoms with Crippen LogP contribution in [0.1, 0.15) is 16.7 Å². The summed E-state index contributed by atoms with van der Waals surface area (Å²) in [5.41, 5.74) is 0.186. The molecule has 3 aromatic rings. The van der Waals surface area contributed by atoms with Crippen molar-refractivity contribution in [1.82, 2.24) is 0 Å². The SMILES string of the molecule is COC(=O)C1=C(C(=O)OC)N(c2cc(C(F)(F)F)ccc2Oc2ccccc2Cc2ccccc2)COC1. The van der Waals surface area contributed by atoms with Crippen LogP contribution >= 0.6 is 0 Å². The first-order chi connectivity index (χ1) is 18.2. The monoisotopic (exact) mass is 527 g/mol. The van der Waals surface area contributed by atoms with Crippen LogP contribution in [0.15, 0.2) is 84.1 Å². The number of methoxy groups -OCH3 is 2. The number of benzene rings is 3. The van der Waals surface area contributed by atoms with Gasteiger partial charge < -0.3 is 23.8 Å². The van der Waals surface area contributed by atoms with Crippen LogP contribution in [-0.4, -0.2) is 39.5 Å². The van der Waals surface area contributed by atoms with Gasteiger partial charge in [0.2, 0.25) is 0 Å². The number of esters is 2. The fourth-order valence-corrected chi connectivity index (χ4v) is 4.01. The van der Waals surface area contributed by atoms with E-state index in [4.69, 9.17) is 18.9 Å². The number of rotatable bonds is 7. The Kier molecular flexibility index (Phi) is 8.02. The van der Waals surface area contributed by atoms with Crippen molar-refractivity contribution < 1.29 is 41.7 Å². The van der Waals surface area contributed by atoms with Crippen molar-refractivity contribution in [2.45, 2.75) is 12.6 Å². The zero-order valence-electron chi connectivity index (χ0n) is 20.6. The number of halogens is 3. The molecular weight excluding hydrogens is 503 g/mol. The zero-order valence-corrected chi connectivity index (χ0v) is 20.6. The average molecular weight is 527 g/mol. The molecule has 0 amide bonds. The quantitative estimate of drug-likeness (QED) is 0.377. The Hall–Kier alpha value is -4.31. The third-order valence-electron chi connectivity index (χ3n) is 5.84. The highest BCUT2D eigenvalue weighted by Crippen LogP contribution is 2.41. The van der Waals surface area contributed by atoms with E-state index in [0.717, 1.165) is 42.4 Å². The van der Waals surface area contributed by atoms with Gasteiger partial charge in [0.25, 0.3) is 0 Å². The van der Waals surface area contributed by atoms with Crippen molar-refractivity contribution >= 4 is 17.6 Å². The normalized spacial score (nSPS) is 13.8. The molecule has 0 N–H and O–H groups in total. The molecule has 4 rings (SSSR count). The Bertz CT molecular complexity index is 1350. The van der Waals surface area contributed by atoms with E-state index in [9.17, 15) is 22.8 Å². The largest absolute Gasteiger partial charge is 0.466 e. The van der Waals surface area contributed by atoms with Gasteiger partial charge in [-0.2, -0.15) is 13.2 Å². The summed E-state index contributed by atoms with van der Waals surface area (Å²) in [4.78, 5) is 26.2. The van der Waals surface area contributed by atoms with Crippen LogP contribution in [0.2, 0.25) is 0 Å². The number of carbonyl (C=O) groups excluding carboxylic acids is 2. The summed E-state index contributed by atoms with van der Waals surface area (Å²) in [6.45, 7) is -0.628.